The fraction of sp³-hybridized carbons (Fsp3) is 0.333. The summed E-state index contributed by atoms with van der Waals surface area (Å²) in [5, 5.41) is 7.22. The van der Waals surface area contributed by atoms with Gasteiger partial charge in [0, 0.05) is 24.2 Å². The monoisotopic (exact) mass is 434 g/mol. The standard InChI is InChI=1S/C24H30N6O2/c1-3-5-17-28-23(25)26-24(27-28)29(18-6-4-2)30(21(31)19-13-9-7-10-14-19)22(32)20-15-11-8-12-16-20/h7-16H,3-6,17-18H2,1-2H3,(H2,25,26,27). The number of anilines is 2. The van der Waals surface area contributed by atoms with Gasteiger partial charge in [0.2, 0.25) is 5.95 Å². The molecule has 3 rings (SSSR count). The predicted octanol–water partition coefficient (Wildman–Crippen LogP) is 4.16. The van der Waals surface area contributed by atoms with E-state index in [4.69, 9.17) is 5.73 Å². The van der Waals surface area contributed by atoms with Gasteiger partial charge in [0.15, 0.2) is 0 Å². The van der Waals surface area contributed by atoms with Crippen molar-refractivity contribution in [2.75, 3.05) is 17.3 Å². The average molecular weight is 435 g/mol. The molecule has 1 aromatic heterocycles. The number of benzene rings is 2. The second-order valence-corrected chi connectivity index (χ2v) is 7.48. The van der Waals surface area contributed by atoms with Gasteiger partial charge in [-0.1, -0.05) is 63.1 Å². The number of aryl methyl sites for hydroxylation is 1. The predicted molar refractivity (Wildman–Crippen MR) is 125 cm³/mol. The minimum absolute atomic E-state index is 0.237. The van der Waals surface area contributed by atoms with Crippen LogP contribution in [0.15, 0.2) is 60.7 Å². The molecule has 8 heteroatoms. The van der Waals surface area contributed by atoms with E-state index in [1.165, 1.54) is 0 Å². The summed E-state index contributed by atoms with van der Waals surface area (Å²) in [7, 11) is 0. The molecule has 168 valence electrons. The molecule has 0 spiro atoms. The van der Waals surface area contributed by atoms with E-state index in [9.17, 15) is 9.59 Å². The number of aromatic nitrogens is 3. The lowest BCUT2D eigenvalue weighted by Crippen LogP contribution is -2.51. The first-order valence-electron chi connectivity index (χ1n) is 11.0. The van der Waals surface area contributed by atoms with Crippen LogP contribution in [0.4, 0.5) is 11.9 Å². The maximum Gasteiger partial charge on any atom is 0.279 e. The van der Waals surface area contributed by atoms with Gasteiger partial charge in [-0.2, -0.15) is 9.99 Å². The van der Waals surface area contributed by atoms with Crippen molar-refractivity contribution < 1.29 is 9.59 Å². The highest BCUT2D eigenvalue weighted by Crippen LogP contribution is 2.20. The number of nitrogens with two attached hydrogens (primary N) is 1. The number of rotatable bonds is 10. The van der Waals surface area contributed by atoms with Crippen molar-refractivity contribution in [3.8, 4) is 0 Å². The number of unbranched alkanes of at least 4 members (excludes halogenated alkanes) is 2. The summed E-state index contributed by atoms with van der Waals surface area (Å²) in [5.41, 5.74) is 6.90. The molecule has 0 aliphatic heterocycles. The Labute approximate surface area is 188 Å². The van der Waals surface area contributed by atoms with Crippen LogP contribution in [-0.2, 0) is 6.54 Å². The molecule has 0 unspecified atom stereocenters. The van der Waals surface area contributed by atoms with E-state index in [0.29, 0.717) is 24.2 Å². The van der Waals surface area contributed by atoms with E-state index in [2.05, 4.69) is 17.0 Å². The average Bonchev–Trinajstić information content (AvgIpc) is 3.20. The lowest BCUT2D eigenvalue weighted by atomic mass is 10.1. The molecule has 0 atom stereocenters. The summed E-state index contributed by atoms with van der Waals surface area (Å²) in [6.07, 6.45) is 3.50. The molecular formula is C24H30N6O2. The molecule has 0 aliphatic rings. The molecule has 0 bridgehead atoms. The summed E-state index contributed by atoms with van der Waals surface area (Å²) in [6, 6.07) is 17.5. The van der Waals surface area contributed by atoms with Crippen molar-refractivity contribution in [2.45, 2.75) is 46.1 Å². The SMILES string of the molecule is CCCCN(c1nc(N)n(CCCC)n1)N(C(=O)c1ccccc1)C(=O)c1ccccc1. The molecule has 32 heavy (non-hydrogen) atoms. The van der Waals surface area contributed by atoms with Gasteiger partial charge in [0.05, 0.1) is 0 Å². The number of nitrogen functional groups attached to an aromatic ring is 1. The maximum atomic E-state index is 13.6. The molecule has 0 fully saturated rings. The summed E-state index contributed by atoms with van der Waals surface area (Å²) in [6.45, 7) is 5.14. The molecule has 0 saturated heterocycles. The number of carbonyl (C=O) groups is 2. The number of amides is 2. The molecular weight excluding hydrogens is 404 g/mol. The summed E-state index contributed by atoms with van der Waals surface area (Å²) < 4.78 is 1.62. The second kappa shape index (κ2) is 11.1. The molecule has 2 amide bonds. The fourth-order valence-corrected chi connectivity index (χ4v) is 3.24. The van der Waals surface area contributed by atoms with Gasteiger partial charge < -0.3 is 5.73 Å². The zero-order chi connectivity index (χ0) is 22.9. The van der Waals surface area contributed by atoms with E-state index in [-0.39, 0.29) is 11.9 Å². The minimum atomic E-state index is -0.445. The first-order valence-corrected chi connectivity index (χ1v) is 11.0. The Morgan fingerprint density at radius 2 is 1.41 bits per heavy atom. The van der Waals surface area contributed by atoms with Crippen molar-refractivity contribution in [2.24, 2.45) is 0 Å². The molecule has 3 aromatic rings. The lowest BCUT2D eigenvalue weighted by Gasteiger charge is -2.32. The van der Waals surface area contributed by atoms with Crippen LogP contribution in [0.2, 0.25) is 0 Å². The first-order chi connectivity index (χ1) is 15.6. The van der Waals surface area contributed by atoms with Crippen LogP contribution in [0.3, 0.4) is 0 Å². The molecule has 2 N–H and O–H groups in total. The summed E-state index contributed by atoms with van der Waals surface area (Å²) >= 11 is 0. The van der Waals surface area contributed by atoms with Crippen LogP contribution in [0.1, 0.15) is 60.2 Å². The fourth-order valence-electron chi connectivity index (χ4n) is 3.24. The number of hydrogen-bond acceptors (Lipinski definition) is 6. The number of hydrazine groups is 1. The largest absolute Gasteiger partial charge is 0.368 e. The smallest absolute Gasteiger partial charge is 0.279 e. The molecule has 0 saturated carbocycles. The summed E-state index contributed by atoms with van der Waals surface area (Å²) in [5.74, 6) is -0.395. The highest BCUT2D eigenvalue weighted by atomic mass is 16.2. The van der Waals surface area contributed by atoms with Crippen molar-refractivity contribution in [3.05, 3.63) is 71.8 Å². The number of imide groups is 1. The van der Waals surface area contributed by atoms with Crippen molar-refractivity contribution in [1.29, 1.82) is 0 Å². The third-order valence-corrected chi connectivity index (χ3v) is 5.03. The van der Waals surface area contributed by atoms with Gasteiger partial charge in [-0.3, -0.25) is 9.59 Å². The van der Waals surface area contributed by atoms with Gasteiger partial charge in [-0.15, -0.1) is 5.10 Å². The van der Waals surface area contributed by atoms with Crippen LogP contribution < -0.4 is 10.7 Å². The third kappa shape index (κ3) is 5.32. The Morgan fingerprint density at radius 3 is 1.91 bits per heavy atom. The van der Waals surface area contributed by atoms with Crippen LogP contribution >= 0.6 is 0 Å². The molecule has 1 heterocycles. The Balaban J connectivity index is 2.07. The quantitative estimate of drug-likeness (QED) is 0.380. The Hall–Kier alpha value is -3.68. The maximum absolute atomic E-state index is 13.6. The summed E-state index contributed by atoms with van der Waals surface area (Å²) in [4.78, 5) is 31.5. The second-order valence-electron chi connectivity index (χ2n) is 7.48. The van der Waals surface area contributed by atoms with Gasteiger partial charge in [0.1, 0.15) is 0 Å². The number of nitrogens with zero attached hydrogens (tertiary/aromatic N) is 5. The zero-order valence-corrected chi connectivity index (χ0v) is 18.6. The van der Waals surface area contributed by atoms with Crippen molar-refractivity contribution in [3.63, 3.8) is 0 Å². The minimum Gasteiger partial charge on any atom is -0.368 e. The molecule has 8 nitrogen and oxygen atoms in total. The van der Waals surface area contributed by atoms with E-state index in [1.54, 1.807) is 58.2 Å². The lowest BCUT2D eigenvalue weighted by molar-refractivity contribution is 0.0591. The molecule has 0 radical (unpaired) electrons. The normalized spacial score (nSPS) is 10.7. The van der Waals surface area contributed by atoms with Gasteiger partial charge in [-0.05, 0) is 37.1 Å². The van der Waals surface area contributed by atoms with Crippen LogP contribution in [0.5, 0.6) is 0 Å². The van der Waals surface area contributed by atoms with E-state index < -0.39 is 11.8 Å². The van der Waals surface area contributed by atoms with Crippen LogP contribution in [0, 0.1) is 0 Å². The number of hydrogen-bond donors (Lipinski definition) is 1. The first kappa shape index (κ1) is 23.0. The number of carbonyl (C=O) groups excluding carboxylic acids is 2. The highest BCUT2D eigenvalue weighted by molar-refractivity contribution is 6.11. The Kier molecular flexibility index (Phi) is 7.96. The van der Waals surface area contributed by atoms with E-state index in [0.717, 1.165) is 30.7 Å². The van der Waals surface area contributed by atoms with Gasteiger partial charge in [0.25, 0.3) is 17.8 Å². The van der Waals surface area contributed by atoms with Crippen molar-refractivity contribution in [1.82, 2.24) is 19.8 Å². The zero-order valence-electron chi connectivity index (χ0n) is 18.6. The third-order valence-electron chi connectivity index (χ3n) is 5.03. The van der Waals surface area contributed by atoms with Crippen LogP contribution in [-0.4, -0.2) is 38.1 Å². The molecule has 2 aromatic carbocycles. The van der Waals surface area contributed by atoms with Crippen LogP contribution in [0.25, 0.3) is 0 Å². The highest BCUT2D eigenvalue weighted by Gasteiger charge is 2.32. The van der Waals surface area contributed by atoms with Gasteiger partial charge >= 0.3 is 0 Å². The van der Waals surface area contributed by atoms with Gasteiger partial charge in [-0.25, -0.2) is 9.69 Å². The van der Waals surface area contributed by atoms with E-state index >= 15 is 0 Å². The van der Waals surface area contributed by atoms with E-state index in [1.807, 2.05) is 19.1 Å². The molecule has 0 aliphatic carbocycles. The van der Waals surface area contributed by atoms with Crippen molar-refractivity contribution >= 4 is 23.7 Å². The Morgan fingerprint density at radius 1 is 0.875 bits per heavy atom. The topological polar surface area (TPSA) is 97.3 Å². The Bertz CT molecular complexity index is 968.